The number of halogens is 1. The van der Waals surface area contributed by atoms with Gasteiger partial charge in [-0.3, -0.25) is 9.59 Å². The van der Waals surface area contributed by atoms with Crippen LogP contribution in [0.2, 0.25) is 0 Å². The SMILES string of the molecule is CN(Cc1cccc(Br)c1)C(=O)C1CCCC(C(=O)O)C1. The van der Waals surface area contributed by atoms with Gasteiger partial charge in [-0.2, -0.15) is 0 Å². The standard InChI is InChI=1S/C16H20BrNO3/c1-18(10-11-4-2-7-14(17)8-11)15(19)12-5-3-6-13(9-12)16(20)21/h2,4,7-8,12-13H,3,5-6,9-10H2,1H3,(H,20,21). The van der Waals surface area contributed by atoms with Gasteiger partial charge in [0.1, 0.15) is 0 Å². The van der Waals surface area contributed by atoms with Crippen molar-refractivity contribution in [2.24, 2.45) is 11.8 Å². The maximum absolute atomic E-state index is 12.5. The summed E-state index contributed by atoms with van der Waals surface area (Å²) in [5, 5.41) is 9.11. The third kappa shape index (κ3) is 4.30. The number of rotatable bonds is 4. The van der Waals surface area contributed by atoms with Crippen LogP contribution < -0.4 is 0 Å². The summed E-state index contributed by atoms with van der Waals surface area (Å²) in [7, 11) is 1.79. The first-order chi connectivity index (χ1) is 9.97. The number of hydrogen-bond donors (Lipinski definition) is 1. The Morgan fingerprint density at radius 1 is 1.33 bits per heavy atom. The fraction of sp³-hybridized carbons (Fsp3) is 0.500. The first-order valence-electron chi connectivity index (χ1n) is 7.19. The summed E-state index contributed by atoms with van der Waals surface area (Å²) in [4.78, 5) is 25.3. The lowest BCUT2D eigenvalue weighted by Gasteiger charge is -2.29. The lowest BCUT2D eigenvalue weighted by Crippen LogP contribution is -2.36. The third-order valence-electron chi connectivity index (χ3n) is 4.06. The molecule has 0 bridgehead atoms. The van der Waals surface area contributed by atoms with Crippen LogP contribution >= 0.6 is 15.9 Å². The molecule has 1 fully saturated rings. The molecule has 1 aromatic rings. The molecule has 0 saturated heterocycles. The summed E-state index contributed by atoms with van der Waals surface area (Å²) < 4.78 is 0.990. The number of benzene rings is 1. The van der Waals surface area contributed by atoms with Crippen molar-refractivity contribution in [2.75, 3.05) is 7.05 Å². The van der Waals surface area contributed by atoms with Crippen LogP contribution in [-0.4, -0.2) is 28.9 Å². The van der Waals surface area contributed by atoms with Gasteiger partial charge < -0.3 is 10.0 Å². The molecule has 0 aliphatic heterocycles. The molecule has 1 aliphatic rings. The summed E-state index contributed by atoms with van der Waals surface area (Å²) in [6, 6.07) is 7.86. The van der Waals surface area contributed by atoms with E-state index in [1.807, 2.05) is 24.3 Å². The number of nitrogens with zero attached hydrogens (tertiary/aromatic N) is 1. The van der Waals surface area contributed by atoms with E-state index in [-0.39, 0.29) is 17.7 Å². The molecule has 1 saturated carbocycles. The van der Waals surface area contributed by atoms with Crippen molar-refractivity contribution < 1.29 is 14.7 Å². The van der Waals surface area contributed by atoms with Gasteiger partial charge in [-0.25, -0.2) is 0 Å². The Bertz CT molecular complexity index is 532. The molecule has 0 heterocycles. The molecule has 114 valence electrons. The molecule has 0 aromatic heterocycles. The second kappa shape index (κ2) is 7.07. The number of carboxylic acid groups (broad SMARTS) is 1. The molecule has 5 heteroatoms. The molecule has 1 aliphatic carbocycles. The fourth-order valence-electron chi connectivity index (χ4n) is 2.94. The van der Waals surface area contributed by atoms with E-state index in [0.29, 0.717) is 19.4 Å². The van der Waals surface area contributed by atoms with E-state index >= 15 is 0 Å². The number of carbonyl (C=O) groups is 2. The largest absolute Gasteiger partial charge is 0.481 e. The molecular weight excluding hydrogens is 334 g/mol. The Labute approximate surface area is 133 Å². The zero-order chi connectivity index (χ0) is 15.4. The second-order valence-electron chi connectivity index (χ2n) is 5.72. The van der Waals surface area contributed by atoms with Crippen LogP contribution in [0.15, 0.2) is 28.7 Å². The van der Waals surface area contributed by atoms with Crippen molar-refractivity contribution >= 4 is 27.8 Å². The van der Waals surface area contributed by atoms with Gasteiger partial charge in [0.2, 0.25) is 5.91 Å². The number of hydrogen-bond acceptors (Lipinski definition) is 2. The van der Waals surface area contributed by atoms with E-state index in [0.717, 1.165) is 22.9 Å². The van der Waals surface area contributed by atoms with Gasteiger partial charge >= 0.3 is 5.97 Å². The van der Waals surface area contributed by atoms with E-state index in [9.17, 15) is 9.59 Å². The molecular formula is C16H20BrNO3. The van der Waals surface area contributed by atoms with Gasteiger partial charge in [-0.1, -0.05) is 34.5 Å². The molecule has 0 radical (unpaired) electrons. The van der Waals surface area contributed by atoms with Crippen LogP contribution in [0.1, 0.15) is 31.2 Å². The predicted octanol–water partition coefficient (Wildman–Crippen LogP) is 3.30. The summed E-state index contributed by atoms with van der Waals surface area (Å²) in [5.74, 6) is -1.24. The minimum atomic E-state index is -0.776. The predicted molar refractivity (Wildman–Crippen MR) is 83.7 cm³/mol. The minimum Gasteiger partial charge on any atom is -0.481 e. The van der Waals surface area contributed by atoms with E-state index in [2.05, 4.69) is 15.9 Å². The number of aliphatic carboxylic acids is 1. The number of amides is 1. The highest BCUT2D eigenvalue weighted by molar-refractivity contribution is 9.10. The van der Waals surface area contributed by atoms with Crippen LogP contribution in [-0.2, 0) is 16.1 Å². The van der Waals surface area contributed by atoms with Gasteiger partial charge in [-0.15, -0.1) is 0 Å². The van der Waals surface area contributed by atoms with Crippen LogP contribution in [0, 0.1) is 11.8 Å². The molecule has 0 spiro atoms. The molecule has 1 aromatic carbocycles. The Hall–Kier alpha value is -1.36. The van der Waals surface area contributed by atoms with E-state index in [1.165, 1.54) is 0 Å². The van der Waals surface area contributed by atoms with Crippen molar-refractivity contribution in [3.05, 3.63) is 34.3 Å². The van der Waals surface area contributed by atoms with E-state index in [1.54, 1.807) is 11.9 Å². The summed E-state index contributed by atoms with van der Waals surface area (Å²) in [5.41, 5.74) is 1.06. The molecule has 4 nitrogen and oxygen atoms in total. The molecule has 1 amide bonds. The molecule has 2 rings (SSSR count). The number of carboxylic acids is 1. The first kappa shape index (κ1) is 16.0. The Balaban J connectivity index is 1.97. The van der Waals surface area contributed by atoms with E-state index in [4.69, 9.17) is 5.11 Å². The summed E-state index contributed by atoms with van der Waals surface area (Å²) in [6.07, 6.45) is 2.77. The van der Waals surface area contributed by atoms with Crippen LogP contribution in [0.5, 0.6) is 0 Å². The molecule has 21 heavy (non-hydrogen) atoms. The Morgan fingerprint density at radius 3 is 2.71 bits per heavy atom. The molecule has 1 N–H and O–H groups in total. The molecule has 2 atom stereocenters. The minimum absolute atomic E-state index is 0.0564. The van der Waals surface area contributed by atoms with Gasteiger partial charge in [0.15, 0.2) is 0 Å². The van der Waals surface area contributed by atoms with Crippen LogP contribution in [0.4, 0.5) is 0 Å². The van der Waals surface area contributed by atoms with Crippen LogP contribution in [0.25, 0.3) is 0 Å². The average Bonchev–Trinajstić information content (AvgIpc) is 2.46. The molecule has 2 unspecified atom stereocenters. The van der Waals surface area contributed by atoms with Crippen molar-refractivity contribution in [2.45, 2.75) is 32.2 Å². The fourth-order valence-corrected chi connectivity index (χ4v) is 3.38. The summed E-state index contributed by atoms with van der Waals surface area (Å²) in [6.45, 7) is 0.548. The highest BCUT2D eigenvalue weighted by Gasteiger charge is 2.32. The Kier molecular flexibility index (Phi) is 5.39. The zero-order valence-corrected chi connectivity index (χ0v) is 13.7. The van der Waals surface area contributed by atoms with Crippen molar-refractivity contribution in [3.63, 3.8) is 0 Å². The third-order valence-corrected chi connectivity index (χ3v) is 4.55. The van der Waals surface area contributed by atoms with Crippen molar-refractivity contribution in [1.82, 2.24) is 4.90 Å². The lowest BCUT2D eigenvalue weighted by molar-refractivity contribution is -0.145. The van der Waals surface area contributed by atoms with Crippen LogP contribution in [0.3, 0.4) is 0 Å². The smallest absolute Gasteiger partial charge is 0.306 e. The van der Waals surface area contributed by atoms with E-state index < -0.39 is 5.97 Å². The normalized spacial score (nSPS) is 21.8. The van der Waals surface area contributed by atoms with Crippen molar-refractivity contribution in [1.29, 1.82) is 0 Å². The topological polar surface area (TPSA) is 57.6 Å². The van der Waals surface area contributed by atoms with Gasteiger partial charge in [0, 0.05) is 24.0 Å². The Morgan fingerprint density at radius 2 is 2.05 bits per heavy atom. The second-order valence-corrected chi connectivity index (χ2v) is 6.64. The summed E-state index contributed by atoms with van der Waals surface area (Å²) >= 11 is 3.42. The van der Waals surface area contributed by atoms with Gasteiger partial charge in [-0.05, 0) is 37.0 Å². The number of carbonyl (C=O) groups excluding carboxylic acids is 1. The van der Waals surface area contributed by atoms with Crippen molar-refractivity contribution in [3.8, 4) is 0 Å². The lowest BCUT2D eigenvalue weighted by atomic mass is 9.81. The monoisotopic (exact) mass is 353 g/mol. The highest BCUT2D eigenvalue weighted by Crippen LogP contribution is 2.30. The quantitative estimate of drug-likeness (QED) is 0.903. The highest BCUT2D eigenvalue weighted by atomic mass is 79.9. The van der Waals surface area contributed by atoms with Gasteiger partial charge in [0.25, 0.3) is 0 Å². The maximum atomic E-state index is 12.5. The average molecular weight is 354 g/mol. The maximum Gasteiger partial charge on any atom is 0.306 e. The first-order valence-corrected chi connectivity index (χ1v) is 7.99. The zero-order valence-electron chi connectivity index (χ0n) is 12.1. The van der Waals surface area contributed by atoms with Gasteiger partial charge in [0.05, 0.1) is 5.92 Å².